The Hall–Kier alpha value is -0.320. The minimum atomic E-state index is 0. The maximum atomic E-state index is 11.7. The molecule has 0 spiro atoms. The van der Waals surface area contributed by atoms with Crippen molar-refractivity contribution in [1.82, 2.24) is 9.80 Å². The summed E-state index contributed by atoms with van der Waals surface area (Å²) in [5.74, 6) is 0.230. The van der Waals surface area contributed by atoms with E-state index >= 15 is 0 Å². The maximum Gasteiger partial charge on any atom is 0.223 e. The van der Waals surface area contributed by atoms with Crippen LogP contribution in [-0.4, -0.2) is 54.5 Å². The number of carbonyl (C=O) groups is 1. The van der Waals surface area contributed by atoms with Crippen LogP contribution in [0.2, 0.25) is 0 Å². The standard InChI is InChI=1S/C12H23N3O.ClH/c13-6-5-12(16)15-9-7-14(8-10-15)11-3-1-2-4-11;/h11H,1-10,13H2;1H. The molecule has 2 N–H and O–H groups in total. The lowest BCUT2D eigenvalue weighted by molar-refractivity contribution is -0.133. The van der Waals surface area contributed by atoms with Crippen molar-refractivity contribution >= 4 is 18.3 Å². The summed E-state index contributed by atoms with van der Waals surface area (Å²) in [6, 6.07) is 0.798. The molecule has 1 saturated carbocycles. The topological polar surface area (TPSA) is 49.6 Å². The van der Waals surface area contributed by atoms with E-state index in [9.17, 15) is 4.79 Å². The summed E-state index contributed by atoms with van der Waals surface area (Å²) in [6.07, 6.45) is 5.99. The van der Waals surface area contributed by atoms with Gasteiger partial charge in [-0.15, -0.1) is 12.4 Å². The molecule has 0 aromatic heterocycles. The summed E-state index contributed by atoms with van der Waals surface area (Å²) in [4.78, 5) is 16.2. The first-order valence-electron chi connectivity index (χ1n) is 6.53. The zero-order valence-corrected chi connectivity index (χ0v) is 11.3. The fraction of sp³-hybridized carbons (Fsp3) is 0.917. The molecule has 4 nitrogen and oxygen atoms in total. The fourth-order valence-electron chi connectivity index (χ4n) is 2.89. The van der Waals surface area contributed by atoms with Crippen molar-refractivity contribution < 1.29 is 4.79 Å². The first-order chi connectivity index (χ1) is 7.81. The van der Waals surface area contributed by atoms with Gasteiger partial charge in [-0.1, -0.05) is 12.8 Å². The quantitative estimate of drug-likeness (QED) is 0.819. The molecule has 0 radical (unpaired) electrons. The second-order valence-corrected chi connectivity index (χ2v) is 4.89. The van der Waals surface area contributed by atoms with Gasteiger partial charge in [-0.25, -0.2) is 0 Å². The third-order valence-corrected chi connectivity index (χ3v) is 3.87. The van der Waals surface area contributed by atoms with Crippen molar-refractivity contribution in [2.75, 3.05) is 32.7 Å². The van der Waals surface area contributed by atoms with Crippen LogP contribution < -0.4 is 5.73 Å². The molecule has 0 atom stereocenters. The number of piperazine rings is 1. The van der Waals surface area contributed by atoms with Gasteiger partial charge in [-0.3, -0.25) is 9.69 Å². The molecule has 0 aromatic rings. The number of hydrogen-bond acceptors (Lipinski definition) is 3. The molecule has 17 heavy (non-hydrogen) atoms. The highest BCUT2D eigenvalue weighted by atomic mass is 35.5. The van der Waals surface area contributed by atoms with Crippen molar-refractivity contribution in [2.24, 2.45) is 5.73 Å². The summed E-state index contributed by atoms with van der Waals surface area (Å²) in [7, 11) is 0. The Balaban J connectivity index is 0.00000144. The molecule has 2 aliphatic rings. The Bertz CT molecular complexity index is 236. The third-order valence-electron chi connectivity index (χ3n) is 3.87. The molecule has 1 amide bonds. The number of rotatable bonds is 3. The van der Waals surface area contributed by atoms with Gasteiger partial charge in [0.15, 0.2) is 0 Å². The van der Waals surface area contributed by atoms with Gasteiger partial charge in [0.05, 0.1) is 0 Å². The van der Waals surface area contributed by atoms with Crippen LogP contribution in [0.15, 0.2) is 0 Å². The van der Waals surface area contributed by atoms with Gasteiger partial charge in [0.25, 0.3) is 0 Å². The molecule has 1 aliphatic heterocycles. The highest BCUT2D eigenvalue weighted by molar-refractivity contribution is 5.85. The SMILES string of the molecule is Cl.NCCC(=O)N1CCN(C2CCCC2)CC1. The molecule has 2 rings (SSSR count). The monoisotopic (exact) mass is 261 g/mol. The second kappa shape index (κ2) is 7.19. The highest BCUT2D eigenvalue weighted by Gasteiger charge is 2.27. The van der Waals surface area contributed by atoms with E-state index in [2.05, 4.69) is 4.90 Å². The van der Waals surface area contributed by atoms with Gasteiger partial charge in [0.1, 0.15) is 0 Å². The Labute approximate surface area is 110 Å². The largest absolute Gasteiger partial charge is 0.340 e. The van der Waals surface area contributed by atoms with Crippen LogP contribution in [0.1, 0.15) is 32.1 Å². The van der Waals surface area contributed by atoms with Crippen LogP contribution in [0.25, 0.3) is 0 Å². The van der Waals surface area contributed by atoms with Gasteiger partial charge in [-0.05, 0) is 12.8 Å². The summed E-state index contributed by atoms with van der Waals surface area (Å²) >= 11 is 0. The molecule has 2 fully saturated rings. The average molecular weight is 262 g/mol. The van der Waals surface area contributed by atoms with E-state index in [1.807, 2.05) is 4.90 Å². The maximum absolute atomic E-state index is 11.7. The molecule has 1 saturated heterocycles. The minimum absolute atomic E-state index is 0. The molecule has 0 bridgehead atoms. The van der Waals surface area contributed by atoms with Crippen molar-refractivity contribution in [3.05, 3.63) is 0 Å². The van der Waals surface area contributed by atoms with E-state index in [0.29, 0.717) is 13.0 Å². The molecular formula is C12H24ClN3O. The van der Waals surface area contributed by atoms with Gasteiger partial charge in [0, 0.05) is 45.2 Å². The number of hydrogen-bond donors (Lipinski definition) is 1. The third kappa shape index (κ3) is 3.83. The van der Waals surface area contributed by atoms with Crippen molar-refractivity contribution in [3.8, 4) is 0 Å². The normalized spacial score (nSPS) is 22.5. The van der Waals surface area contributed by atoms with E-state index < -0.39 is 0 Å². The van der Waals surface area contributed by atoms with Crippen molar-refractivity contribution in [2.45, 2.75) is 38.1 Å². The Morgan fingerprint density at radius 1 is 1.12 bits per heavy atom. The molecule has 1 heterocycles. The van der Waals surface area contributed by atoms with Crippen molar-refractivity contribution in [1.29, 1.82) is 0 Å². The van der Waals surface area contributed by atoms with Crippen LogP contribution in [0.5, 0.6) is 0 Å². The lowest BCUT2D eigenvalue weighted by Crippen LogP contribution is -2.51. The number of amides is 1. The van der Waals surface area contributed by atoms with E-state index in [-0.39, 0.29) is 18.3 Å². The summed E-state index contributed by atoms with van der Waals surface area (Å²) in [5, 5.41) is 0. The van der Waals surface area contributed by atoms with Gasteiger partial charge in [-0.2, -0.15) is 0 Å². The van der Waals surface area contributed by atoms with Crippen LogP contribution >= 0.6 is 12.4 Å². The fourth-order valence-corrected chi connectivity index (χ4v) is 2.89. The smallest absolute Gasteiger partial charge is 0.223 e. The lowest BCUT2D eigenvalue weighted by atomic mass is 10.1. The van der Waals surface area contributed by atoms with Crippen LogP contribution in [0.3, 0.4) is 0 Å². The van der Waals surface area contributed by atoms with Gasteiger partial charge in [0.2, 0.25) is 5.91 Å². The molecule has 5 heteroatoms. The Morgan fingerprint density at radius 2 is 1.71 bits per heavy atom. The number of carbonyl (C=O) groups excluding carboxylic acids is 1. The van der Waals surface area contributed by atoms with E-state index in [1.54, 1.807) is 0 Å². The van der Waals surface area contributed by atoms with Gasteiger partial charge >= 0.3 is 0 Å². The van der Waals surface area contributed by atoms with E-state index in [4.69, 9.17) is 5.73 Å². The zero-order chi connectivity index (χ0) is 11.4. The molecule has 0 unspecified atom stereocenters. The van der Waals surface area contributed by atoms with Crippen LogP contribution in [0.4, 0.5) is 0 Å². The summed E-state index contributed by atoms with van der Waals surface area (Å²) in [5.41, 5.74) is 5.41. The number of halogens is 1. The molecule has 100 valence electrons. The van der Waals surface area contributed by atoms with Crippen LogP contribution in [-0.2, 0) is 4.79 Å². The minimum Gasteiger partial charge on any atom is -0.340 e. The highest BCUT2D eigenvalue weighted by Crippen LogP contribution is 2.24. The summed E-state index contributed by atoms with van der Waals surface area (Å²) < 4.78 is 0. The first-order valence-corrected chi connectivity index (χ1v) is 6.53. The Kier molecular flexibility index (Phi) is 6.23. The van der Waals surface area contributed by atoms with E-state index in [0.717, 1.165) is 32.2 Å². The van der Waals surface area contributed by atoms with Crippen molar-refractivity contribution in [3.63, 3.8) is 0 Å². The first kappa shape index (κ1) is 14.7. The molecule has 1 aliphatic carbocycles. The second-order valence-electron chi connectivity index (χ2n) is 4.89. The predicted molar refractivity (Wildman–Crippen MR) is 71.3 cm³/mol. The lowest BCUT2D eigenvalue weighted by Gasteiger charge is -2.38. The summed E-state index contributed by atoms with van der Waals surface area (Å²) in [6.45, 7) is 4.38. The molecule has 0 aromatic carbocycles. The number of nitrogens with two attached hydrogens (primary N) is 1. The number of nitrogens with zero attached hydrogens (tertiary/aromatic N) is 2. The average Bonchev–Trinajstić information content (AvgIpc) is 2.83. The van der Waals surface area contributed by atoms with E-state index in [1.165, 1.54) is 25.7 Å². The Morgan fingerprint density at radius 3 is 2.24 bits per heavy atom. The zero-order valence-electron chi connectivity index (χ0n) is 10.4. The van der Waals surface area contributed by atoms with Gasteiger partial charge < -0.3 is 10.6 Å². The predicted octanol–water partition coefficient (Wildman–Crippen LogP) is 0.844. The van der Waals surface area contributed by atoms with Crippen LogP contribution in [0, 0.1) is 0 Å². The molecular weight excluding hydrogens is 238 g/mol.